The average molecular weight is 331 g/mol. The molecule has 1 heteroatoms. The van der Waals surface area contributed by atoms with Crippen molar-refractivity contribution < 1.29 is 0 Å². The second kappa shape index (κ2) is 4.92. The van der Waals surface area contributed by atoms with Crippen LogP contribution in [0.1, 0.15) is 16.7 Å². The molecule has 0 saturated heterocycles. The number of benzene rings is 4. The van der Waals surface area contributed by atoms with Crippen LogP contribution >= 0.6 is 0 Å². The number of rotatable bonds is 0. The van der Waals surface area contributed by atoms with Gasteiger partial charge in [-0.2, -0.15) is 0 Å². The van der Waals surface area contributed by atoms with E-state index in [4.69, 9.17) is 4.98 Å². The molecule has 0 unspecified atom stereocenters. The Hall–Kier alpha value is -3.19. The Morgan fingerprint density at radius 2 is 1.42 bits per heavy atom. The summed E-state index contributed by atoms with van der Waals surface area (Å²) >= 11 is 0. The molecule has 0 spiro atoms. The minimum Gasteiger partial charge on any atom is -0.247 e. The molecule has 0 saturated carbocycles. The minimum absolute atomic E-state index is 0.972. The van der Waals surface area contributed by atoms with Crippen LogP contribution in [0.15, 0.2) is 72.8 Å². The van der Waals surface area contributed by atoms with Crippen LogP contribution in [-0.4, -0.2) is 4.98 Å². The largest absolute Gasteiger partial charge is 0.247 e. The van der Waals surface area contributed by atoms with E-state index in [2.05, 4.69) is 79.7 Å². The van der Waals surface area contributed by atoms with E-state index in [9.17, 15) is 0 Å². The first kappa shape index (κ1) is 14.0. The molecule has 0 atom stereocenters. The molecule has 4 aromatic carbocycles. The van der Waals surface area contributed by atoms with Crippen molar-refractivity contribution in [2.75, 3.05) is 0 Å². The van der Waals surface area contributed by atoms with Crippen molar-refractivity contribution in [2.45, 2.75) is 13.3 Å². The lowest BCUT2D eigenvalue weighted by Gasteiger charge is -2.09. The molecule has 1 heterocycles. The molecule has 0 N–H and O–H groups in total. The Morgan fingerprint density at radius 3 is 2.35 bits per heavy atom. The molecule has 0 aliphatic heterocycles. The molecule has 1 nitrogen and oxygen atoms in total. The van der Waals surface area contributed by atoms with Gasteiger partial charge >= 0.3 is 0 Å². The van der Waals surface area contributed by atoms with E-state index < -0.39 is 0 Å². The van der Waals surface area contributed by atoms with Crippen molar-refractivity contribution in [2.24, 2.45) is 0 Å². The molecule has 0 bridgehead atoms. The average Bonchev–Trinajstić information content (AvgIpc) is 3.07. The van der Waals surface area contributed by atoms with Gasteiger partial charge in [0.2, 0.25) is 0 Å². The van der Waals surface area contributed by atoms with Crippen LogP contribution in [0.3, 0.4) is 0 Å². The summed E-state index contributed by atoms with van der Waals surface area (Å²) in [5.41, 5.74) is 7.76. The van der Waals surface area contributed by atoms with Gasteiger partial charge in [-0.3, -0.25) is 0 Å². The maximum atomic E-state index is 5.04. The molecule has 26 heavy (non-hydrogen) atoms. The van der Waals surface area contributed by atoms with Gasteiger partial charge in [0.05, 0.1) is 11.2 Å². The lowest BCUT2D eigenvalue weighted by atomic mass is 9.95. The molecule has 0 fully saturated rings. The monoisotopic (exact) mass is 331 g/mol. The smallest absolute Gasteiger partial charge is 0.0750 e. The number of aromatic nitrogens is 1. The van der Waals surface area contributed by atoms with E-state index in [0.717, 1.165) is 11.9 Å². The van der Waals surface area contributed by atoms with Crippen LogP contribution in [0.4, 0.5) is 0 Å². The van der Waals surface area contributed by atoms with Crippen molar-refractivity contribution >= 4 is 32.4 Å². The molecule has 1 aliphatic rings. The molecular weight excluding hydrogens is 314 g/mol. The van der Waals surface area contributed by atoms with Crippen LogP contribution in [0.5, 0.6) is 0 Å². The quantitative estimate of drug-likeness (QED) is 0.293. The van der Waals surface area contributed by atoms with Gasteiger partial charge in [-0.25, -0.2) is 4.98 Å². The van der Waals surface area contributed by atoms with E-state index in [1.807, 2.05) is 0 Å². The lowest BCUT2D eigenvalue weighted by Crippen LogP contribution is -1.92. The number of pyridine rings is 1. The highest BCUT2D eigenvalue weighted by Crippen LogP contribution is 2.44. The molecule has 0 amide bonds. The summed E-state index contributed by atoms with van der Waals surface area (Å²) in [6, 6.07) is 26.2. The second-order valence-electron chi connectivity index (χ2n) is 7.23. The highest BCUT2D eigenvalue weighted by Gasteiger charge is 2.25. The topological polar surface area (TPSA) is 12.9 Å². The fraction of sp³-hybridized carbons (Fsp3) is 0.0800. The molecule has 6 rings (SSSR count). The SMILES string of the molecule is Cc1c2c(nc3ccccc13)-c1ccc3ccc4ccccc4c3c1C2. The van der Waals surface area contributed by atoms with Crippen molar-refractivity contribution in [3.05, 3.63) is 89.5 Å². The summed E-state index contributed by atoms with van der Waals surface area (Å²) in [4.78, 5) is 5.04. The summed E-state index contributed by atoms with van der Waals surface area (Å²) < 4.78 is 0. The number of para-hydroxylation sites is 1. The summed E-state index contributed by atoms with van der Waals surface area (Å²) in [7, 11) is 0. The predicted octanol–water partition coefficient (Wildman–Crippen LogP) is 6.42. The van der Waals surface area contributed by atoms with Gasteiger partial charge in [-0.05, 0) is 51.2 Å². The number of hydrogen-bond donors (Lipinski definition) is 0. The maximum Gasteiger partial charge on any atom is 0.0750 e. The second-order valence-corrected chi connectivity index (χ2v) is 7.23. The van der Waals surface area contributed by atoms with Crippen LogP contribution in [0, 0.1) is 6.92 Å². The molecule has 1 aromatic heterocycles. The number of fused-ring (bicyclic) bond motifs is 8. The van der Waals surface area contributed by atoms with Crippen molar-refractivity contribution in [3.8, 4) is 11.3 Å². The van der Waals surface area contributed by atoms with E-state index in [0.29, 0.717) is 0 Å². The van der Waals surface area contributed by atoms with Crippen LogP contribution in [-0.2, 0) is 6.42 Å². The number of nitrogens with zero attached hydrogens (tertiary/aromatic N) is 1. The van der Waals surface area contributed by atoms with Gasteiger partial charge in [0.15, 0.2) is 0 Å². The first-order valence-corrected chi connectivity index (χ1v) is 9.13. The Labute approximate surface area is 151 Å². The maximum absolute atomic E-state index is 5.04. The van der Waals surface area contributed by atoms with Crippen LogP contribution in [0.2, 0.25) is 0 Å². The Morgan fingerprint density at radius 1 is 0.692 bits per heavy atom. The van der Waals surface area contributed by atoms with E-state index in [-0.39, 0.29) is 0 Å². The zero-order valence-corrected chi connectivity index (χ0v) is 14.6. The van der Waals surface area contributed by atoms with E-state index >= 15 is 0 Å². The molecular formula is C25H17N. The van der Waals surface area contributed by atoms with E-state index in [1.54, 1.807) is 0 Å². The highest BCUT2D eigenvalue weighted by molar-refractivity contribution is 6.12. The molecule has 1 aliphatic carbocycles. The molecule has 122 valence electrons. The zero-order chi connectivity index (χ0) is 17.3. The fourth-order valence-corrected chi connectivity index (χ4v) is 4.61. The van der Waals surface area contributed by atoms with Gasteiger partial charge in [0.1, 0.15) is 0 Å². The normalized spacial score (nSPS) is 12.7. The first-order valence-electron chi connectivity index (χ1n) is 9.13. The van der Waals surface area contributed by atoms with Crippen LogP contribution < -0.4 is 0 Å². The third kappa shape index (κ3) is 1.72. The third-order valence-corrected chi connectivity index (χ3v) is 5.91. The Bertz CT molecular complexity index is 1360. The summed E-state index contributed by atoms with van der Waals surface area (Å²) in [6.07, 6.45) is 0.972. The Balaban J connectivity index is 1.76. The summed E-state index contributed by atoms with van der Waals surface area (Å²) in [5, 5.41) is 6.63. The molecule has 5 aromatic rings. The lowest BCUT2D eigenvalue weighted by molar-refractivity contribution is 1.22. The molecule has 0 radical (unpaired) electrons. The first-order chi connectivity index (χ1) is 12.8. The summed E-state index contributed by atoms with van der Waals surface area (Å²) in [6.45, 7) is 2.25. The third-order valence-electron chi connectivity index (χ3n) is 5.91. The summed E-state index contributed by atoms with van der Waals surface area (Å²) in [5.74, 6) is 0. The number of aryl methyl sites for hydroxylation is 1. The fourth-order valence-electron chi connectivity index (χ4n) is 4.61. The van der Waals surface area contributed by atoms with Gasteiger partial charge in [0, 0.05) is 17.4 Å². The van der Waals surface area contributed by atoms with Crippen LogP contribution in [0.25, 0.3) is 43.7 Å². The Kier molecular flexibility index (Phi) is 2.66. The van der Waals surface area contributed by atoms with Gasteiger partial charge < -0.3 is 0 Å². The van der Waals surface area contributed by atoms with Crippen molar-refractivity contribution in [1.29, 1.82) is 0 Å². The van der Waals surface area contributed by atoms with Gasteiger partial charge in [-0.15, -0.1) is 0 Å². The minimum atomic E-state index is 0.972. The zero-order valence-electron chi connectivity index (χ0n) is 14.6. The van der Waals surface area contributed by atoms with Gasteiger partial charge in [-0.1, -0.05) is 66.7 Å². The predicted molar refractivity (Wildman–Crippen MR) is 110 cm³/mol. The van der Waals surface area contributed by atoms with Crippen molar-refractivity contribution in [3.63, 3.8) is 0 Å². The standard InChI is InChI=1S/C25H17N/c1-15-18-7-4-5-9-23(18)26-25-20-13-12-17-11-10-16-6-2-3-8-19(16)24(17)22(20)14-21(15)25/h2-13H,14H2,1H3. The van der Waals surface area contributed by atoms with Crippen molar-refractivity contribution in [1.82, 2.24) is 4.98 Å². The van der Waals surface area contributed by atoms with E-state index in [1.165, 1.54) is 54.9 Å². The van der Waals surface area contributed by atoms with Gasteiger partial charge in [0.25, 0.3) is 0 Å². The number of hydrogen-bond acceptors (Lipinski definition) is 1. The highest BCUT2D eigenvalue weighted by atomic mass is 14.7.